The minimum absolute atomic E-state index is 0.00859. The van der Waals surface area contributed by atoms with E-state index >= 15 is 0 Å². The minimum Gasteiger partial charge on any atom is -0.480 e. The molecule has 0 fully saturated rings. The van der Waals surface area contributed by atoms with Crippen molar-refractivity contribution >= 4 is 17.7 Å². The Kier molecular flexibility index (Phi) is 6.04. The molecule has 0 radical (unpaired) electrons. The highest BCUT2D eigenvalue weighted by atomic mass is 32.2. The Labute approximate surface area is 90.0 Å². The Hall–Kier alpha value is -0.430. The molecule has 0 rings (SSSR count). The number of rotatable bonds is 6. The van der Waals surface area contributed by atoms with Crippen molar-refractivity contribution < 1.29 is 27.8 Å². The topological polar surface area (TPSA) is 46.5 Å². The molecule has 0 aromatic heterocycles. The molecule has 0 heterocycles. The van der Waals surface area contributed by atoms with Crippen molar-refractivity contribution in [2.75, 3.05) is 12.4 Å². The molecule has 0 aromatic carbocycles. The number of hydrogen-bond acceptors (Lipinski definition) is 3. The first-order valence-corrected chi connectivity index (χ1v) is 5.34. The van der Waals surface area contributed by atoms with Crippen LogP contribution in [0.2, 0.25) is 0 Å². The third-order valence-electron chi connectivity index (χ3n) is 1.50. The summed E-state index contributed by atoms with van der Waals surface area (Å²) in [6.45, 7) is 2.89. The van der Waals surface area contributed by atoms with Gasteiger partial charge in [0.2, 0.25) is 0 Å². The number of halogens is 3. The van der Waals surface area contributed by atoms with Gasteiger partial charge in [0.25, 0.3) is 0 Å². The molecule has 0 saturated heterocycles. The second-order valence-corrected chi connectivity index (χ2v) is 4.42. The Morgan fingerprint density at radius 3 is 2.33 bits per heavy atom. The maximum atomic E-state index is 11.5. The van der Waals surface area contributed by atoms with Gasteiger partial charge in [0.1, 0.15) is 5.25 Å². The molecule has 0 saturated carbocycles. The Morgan fingerprint density at radius 2 is 2.00 bits per heavy atom. The fraction of sp³-hybridized carbons (Fsp3) is 0.875. The highest BCUT2D eigenvalue weighted by molar-refractivity contribution is 8.00. The molecular formula is C8H13F3O3S. The summed E-state index contributed by atoms with van der Waals surface area (Å²) < 4.78 is 38.2. The van der Waals surface area contributed by atoms with E-state index < -0.39 is 24.2 Å². The summed E-state index contributed by atoms with van der Waals surface area (Å²) >= 11 is 0.954. The molecule has 0 aliphatic rings. The fourth-order valence-electron chi connectivity index (χ4n) is 0.881. The second-order valence-electron chi connectivity index (χ2n) is 3.17. The van der Waals surface area contributed by atoms with Crippen molar-refractivity contribution in [2.45, 2.75) is 25.5 Å². The third kappa shape index (κ3) is 7.49. The molecule has 1 unspecified atom stereocenters. The van der Waals surface area contributed by atoms with E-state index in [-0.39, 0.29) is 11.7 Å². The molecule has 0 spiro atoms. The van der Waals surface area contributed by atoms with Gasteiger partial charge < -0.3 is 5.11 Å². The molecule has 15 heavy (non-hydrogen) atoms. The maximum Gasteiger partial charge on any atom is 0.522 e. The summed E-state index contributed by atoms with van der Waals surface area (Å²) in [7, 11) is 0. The largest absolute Gasteiger partial charge is 0.522 e. The molecule has 7 heteroatoms. The van der Waals surface area contributed by atoms with Gasteiger partial charge in [-0.3, -0.25) is 9.53 Å². The van der Waals surface area contributed by atoms with Crippen molar-refractivity contribution in [3.8, 4) is 0 Å². The smallest absolute Gasteiger partial charge is 0.480 e. The van der Waals surface area contributed by atoms with Crippen molar-refractivity contribution in [1.82, 2.24) is 0 Å². The lowest BCUT2D eigenvalue weighted by molar-refractivity contribution is -0.322. The second kappa shape index (κ2) is 6.22. The molecule has 3 nitrogen and oxygen atoms in total. The number of hydrogen-bond donors (Lipinski definition) is 1. The molecule has 0 aromatic rings. The molecule has 0 aliphatic carbocycles. The number of ether oxygens (including phenoxy) is 1. The lowest BCUT2D eigenvalue weighted by atomic mass is 10.1. The van der Waals surface area contributed by atoms with Gasteiger partial charge in [-0.05, 0) is 5.92 Å². The van der Waals surface area contributed by atoms with Gasteiger partial charge in [-0.25, -0.2) is 0 Å². The van der Waals surface area contributed by atoms with E-state index in [0.717, 1.165) is 11.8 Å². The van der Waals surface area contributed by atoms with Crippen LogP contribution in [0.3, 0.4) is 0 Å². The Balaban J connectivity index is 3.78. The van der Waals surface area contributed by atoms with Gasteiger partial charge in [-0.2, -0.15) is 0 Å². The van der Waals surface area contributed by atoms with E-state index in [4.69, 9.17) is 5.11 Å². The lowest BCUT2D eigenvalue weighted by Gasteiger charge is -2.15. The number of thioether (sulfide) groups is 1. The summed E-state index contributed by atoms with van der Waals surface area (Å²) in [5, 5.41) is 8.03. The molecule has 0 bridgehead atoms. The number of carbonyl (C=O) groups is 1. The molecular weight excluding hydrogens is 233 g/mol. The van der Waals surface area contributed by atoms with Crippen LogP contribution in [0, 0.1) is 5.92 Å². The monoisotopic (exact) mass is 246 g/mol. The summed E-state index contributed by atoms with van der Waals surface area (Å²) in [5.74, 6) is -1.13. The minimum atomic E-state index is -4.64. The SMILES string of the molecule is CC(C)C(SCCOC(F)(F)F)C(=O)O. The number of aliphatic carboxylic acids is 1. The standard InChI is InChI=1S/C8H13F3O3S/c1-5(2)6(7(12)13)15-4-3-14-8(9,10)11/h5-6H,3-4H2,1-2H3,(H,12,13). The number of alkyl halides is 3. The van der Waals surface area contributed by atoms with E-state index in [2.05, 4.69) is 4.74 Å². The van der Waals surface area contributed by atoms with E-state index in [1.807, 2.05) is 0 Å². The van der Waals surface area contributed by atoms with Crippen LogP contribution in [-0.4, -0.2) is 35.0 Å². The van der Waals surface area contributed by atoms with Crippen LogP contribution < -0.4 is 0 Å². The first-order valence-electron chi connectivity index (χ1n) is 4.29. The summed E-state index contributed by atoms with van der Waals surface area (Å²) in [4.78, 5) is 10.6. The summed E-state index contributed by atoms with van der Waals surface area (Å²) in [6.07, 6.45) is -4.64. The van der Waals surface area contributed by atoms with Gasteiger partial charge in [0, 0.05) is 5.75 Å². The van der Waals surface area contributed by atoms with Crippen LogP contribution in [0.4, 0.5) is 13.2 Å². The first kappa shape index (κ1) is 14.6. The average Bonchev–Trinajstić information content (AvgIpc) is 2.00. The normalized spacial score (nSPS) is 14.3. The van der Waals surface area contributed by atoms with Gasteiger partial charge in [0.05, 0.1) is 6.61 Å². The predicted molar refractivity (Wildman–Crippen MR) is 50.7 cm³/mol. The van der Waals surface area contributed by atoms with Crippen LogP contribution >= 0.6 is 11.8 Å². The molecule has 0 amide bonds. The van der Waals surface area contributed by atoms with Crippen LogP contribution in [-0.2, 0) is 9.53 Å². The number of carboxylic acid groups (broad SMARTS) is 1. The zero-order valence-electron chi connectivity index (χ0n) is 8.37. The van der Waals surface area contributed by atoms with Crippen molar-refractivity contribution in [1.29, 1.82) is 0 Å². The lowest BCUT2D eigenvalue weighted by Crippen LogP contribution is -2.24. The van der Waals surface area contributed by atoms with Crippen molar-refractivity contribution in [3.05, 3.63) is 0 Å². The quantitative estimate of drug-likeness (QED) is 0.731. The molecule has 0 aliphatic heterocycles. The third-order valence-corrected chi connectivity index (χ3v) is 3.00. The first-order chi connectivity index (χ1) is 6.74. The highest BCUT2D eigenvalue weighted by Crippen LogP contribution is 2.21. The van der Waals surface area contributed by atoms with Gasteiger partial charge in [-0.1, -0.05) is 13.8 Å². The predicted octanol–water partition coefficient (Wildman–Crippen LogP) is 2.37. The van der Waals surface area contributed by atoms with Crippen LogP contribution in [0.5, 0.6) is 0 Å². The Morgan fingerprint density at radius 1 is 1.47 bits per heavy atom. The van der Waals surface area contributed by atoms with Gasteiger partial charge in [-0.15, -0.1) is 24.9 Å². The van der Waals surface area contributed by atoms with Crippen molar-refractivity contribution in [3.63, 3.8) is 0 Å². The maximum absolute atomic E-state index is 11.5. The van der Waals surface area contributed by atoms with Crippen LogP contribution in [0.15, 0.2) is 0 Å². The van der Waals surface area contributed by atoms with E-state index in [9.17, 15) is 18.0 Å². The van der Waals surface area contributed by atoms with E-state index in [0.29, 0.717) is 0 Å². The van der Waals surface area contributed by atoms with E-state index in [1.54, 1.807) is 13.8 Å². The van der Waals surface area contributed by atoms with Crippen LogP contribution in [0.25, 0.3) is 0 Å². The number of carboxylic acids is 1. The summed E-state index contributed by atoms with van der Waals surface area (Å²) in [6, 6.07) is 0. The molecule has 1 atom stereocenters. The molecule has 90 valence electrons. The van der Waals surface area contributed by atoms with Gasteiger partial charge >= 0.3 is 12.3 Å². The zero-order chi connectivity index (χ0) is 12.1. The summed E-state index contributed by atoms with van der Waals surface area (Å²) in [5.41, 5.74) is 0. The van der Waals surface area contributed by atoms with E-state index in [1.165, 1.54) is 0 Å². The molecule has 1 N–H and O–H groups in total. The zero-order valence-corrected chi connectivity index (χ0v) is 9.19. The average molecular weight is 246 g/mol. The van der Waals surface area contributed by atoms with Gasteiger partial charge in [0.15, 0.2) is 0 Å². The Bertz CT molecular complexity index is 206. The fourth-order valence-corrected chi connectivity index (χ4v) is 1.84. The van der Waals surface area contributed by atoms with Crippen LogP contribution in [0.1, 0.15) is 13.8 Å². The highest BCUT2D eigenvalue weighted by Gasteiger charge is 2.29. The van der Waals surface area contributed by atoms with Crippen molar-refractivity contribution in [2.24, 2.45) is 5.92 Å².